The Hall–Kier alpha value is -1.10. The first kappa shape index (κ1) is 16.3. The summed E-state index contributed by atoms with van der Waals surface area (Å²) in [5.41, 5.74) is -0.335. The number of aliphatic carboxylic acids is 1. The van der Waals surface area contributed by atoms with Gasteiger partial charge in [-0.25, -0.2) is 4.79 Å². The number of likely N-dealkylation sites (tertiary alicyclic amines) is 1. The quantitative estimate of drug-likeness (QED) is 0.832. The number of hydrogen-bond donors (Lipinski definition) is 2. The lowest BCUT2D eigenvalue weighted by Gasteiger charge is -2.41. The van der Waals surface area contributed by atoms with Crippen molar-refractivity contribution in [2.45, 2.75) is 64.3 Å². The van der Waals surface area contributed by atoms with Crippen LogP contribution in [0.3, 0.4) is 0 Å². The molecule has 21 heavy (non-hydrogen) atoms. The molecule has 0 aromatic heterocycles. The highest BCUT2D eigenvalue weighted by molar-refractivity contribution is 5.87. The third-order valence-corrected chi connectivity index (χ3v) is 5.04. The summed E-state index contributed by atoms with van der Waals surface area (Å²) in [6.07, 6.45) is 6.97. The number of carbonyl (C=O) groups is 2. The van der Waals surface area contributed by atoms with Crippen LogP contribution in [0.4, 0.5) is 0 Å². The molecule has 0 aromatic carbocycles. The molecule has 1 amide bonds. The Morgan fingerprint density at radius 1 is 1.24 bits per heavy atom. The first-order chi connectivity index (χ1) is 10.1. The molecule has 120 valence electrons. The van der Waals surface area contributed by atoms with Gasteiger partial charge in [-0.05, 0) is 45.2 Å². The second-order valence-corrected chi connectivity index (χ2v) is 6.48. The van der Waals surface area contributed by atoms with Crippen molar-refractivity contribution in [3.8, 4) is 0 Å². The fourth-order valence-corrected chi connectivity index (χ4v) is 3.87. The second kappa shape index (κ2) is 7.25. The van der Waals surface area contributed by atoms with Crippen molar-refractivity contribution < 1.29 is 14.7 Å². The minimum absolute atomic E-state index is 0.0974. The lowest BCUT2D eigenvalue weighted by molar-refractivity contribution is -0.156. The molecule has 2 N–H and O–H groups in total. The molecule has 2 saturated heterocycles. The SMILES string of the molecule is CCCC1(C(=O)N2CCCCCC2C(=O)O)CCNCC1. The summed E-state index contributed by atoms with van der Waals surface area (Å²) in [6.45, 7) is 4.43. The minimum atomic E-state index is -0.842. The number of piperidine rings is 1. The van der Waals surface area contributed by atoms with E-state index in [1.807, 2.05) is 0 Å². The van der Waals surface area contributed by atoms with Crippen molar-refractivity contribution in [1.29, 1.82) is 0 Å². The number of hydrogen-bond acceptors (Lipinski definition) is 3. The Kier molecular flexibility index (Phi) is 5.62. The van der Waals surface area contributed by atoms with Gasteiger partial charge in [0.05, 0.1) is 5.41 Å². The standard InChI is InChI=1S/C16H28N2O3/c1-2-7-16(8-10-17-11-9-16)15(21)18-12-5-3-4-6-13(18)14(19)20/h13,17H,2-12H2,1H3,(H,19,20). The van der Waals surface area contributed by atoms with Crippen LogP contribution in [0, 0.1) is 5.41 Å². The zero-order valence-corrected chi connectivity index (χ0v) is 13.1. The molecule has 5 nitrogen and oxygen atoms in total. The van der Waals surface area contributed by atoms with Crippen molar-refractivity contribution in [3.63, 3.8) is 0 Å². The monoisotopic (exact) mass is 296 g/mol. The maximum absolute atomic E-state index is 13.2. The van der Waals surface area contributed by atoms with Crippen LogP contribution in [0.15, 0.2) is 0 Å². The van der Waals surface area contributed by atoms with E-state index in [-0.39, 0.29) is 11.3 Å². The fourth-order valence-electron chi connectivity index (χ4n) is 3.87. The molecule has 0 saturated carbocycles. The Balaban J connectivity index is 2.22. The third-order valence-electron chi connectivity index (χ3n) is 5.04. The number of nitrogens with one attached hydrogen (secondary N) is 1. The molecule has 2 heterocycles. The maximum atomic E-state index is 13.2. The van der Waals surface area contributed by atoms with Gasteiger partial charge in [-0.15, -0.1) is 0 Å². The molecular formula is C16H28N2O3. The second-order valence-electron chi connectivity index (χ2n) is 6.48. The van der Waals surface area contributed by atoms with Gasteiger partial charge in [-0.1, -0.05) is 26.2 Å². The zero-order valence-electron chi connectivity index (χ0n) is 13.1. The highest BCUT2D eigenvalue weighted by Gasteiger charge is 2.44. The van der Waals surface area contributed by atoms with E-state index in [9.17, 15) is 14.7 Å². The highest BCUT2D eigenvalue weighted by atomic mass is 16.4. The molecule has 0 aromatic rings. The number of rotatable bonds is 4. The molecule has 5 heteroatoms. The molecule has 2 aliphatic rings. The maximum Gasteiger partial charge on any atom is 0.326 e. The normalized spacial score (nSPS) is 26.1. The summed E-state index contributed by atoms with van der Waals surface area (Å²) >= 11 is 0. The van der Waals surface area contributed by atoms with Gasteiger partial charge in [-0.3, -0.25) is 4.79 Å². The third kappa shape index (κ3) is 3.57. The van der Waals surface area contributed by atoms with Gasteiger partial charge in [0.25, 0.3) is 0 Å². The van der Waals surface area contributed by atoms with Crippen molar-refractivity contribution in [1.82, 2.24) is 10.2 Å². The van der Waals surface area contributed by atoms with Crippen LogP contribution in [-0.2, 0) is 9.59 Å². The molecule has 0 radical (unpaired) electrons. The molecule has 0 bridgehead atoms. The molecule has 2 aliphatic heterocycles. The largest absolute Gasteiger partial charge is 0.480 e. The van der Waals surface area contributed by atoms with E-state index < -0.39 is 12.0 Å². The fraction of sp³-hybridized carbons (Fsp3) is 0.875. The van der Waals surface area contributed by atoms with Gasteiger partial charge in [-0.2, -0.15) is 0 Å². The lowest BCUT2D eigenvalue weighted by Crippen LogP contribution is -2.54. The van der Waals surface area contributed by atoms with Gasteiger partial charge in [0.1, 0.15) is 6.04 Å². The Morgan fingerprint density at radius 3 is 2.57 bits per heavy atom. The first-order valence-corrected chi connectivity index (χ1v) is 8.35. The van der Waals surface area contributed by atoms with E-state index in [2.05, 4.69) is 12.2 Å². The summed E-state index contributed by atoms with van der Waals surface area (Å²) in [4.78, 5) is 26.4. The van der Waals surface area contributed by atoms with Crippen molar-refractivity contribution >= 4 is 11.9 Å². The topological polar surface area (TPSA) is 69.6 Å². The molecule has 2 fully saturated rings. The van der Waals surface area contributed by atoms with Crippen LogP contribution >= 0.6 is 0 Å². The molecule has 1 atom stereocenters. The van der Waals surface area contributed by atoms with Crippen molar-refractivity contribution in [2.75, 3.05) is 19.6 Å². The van der Waals surface area contributed by atoms with E-state index >= 15 is 0 Å². The van der Waals surface area contributed by atoms with E-state index in [1.54, 1.807) is 4.90 Å². The summed E-state index contributed by atoms with van der Waals surface area (Å²) in [5, 5.41) is 12.8. The number of nitrogens with zero attached hydrogens (tertiary/aromatic N) is 1. The van der Waals surface area contributed by atoms with Crippen molar-refractivity contribution in [3.05, 3.63) is 0 Å². The van der Waals surface area contributed by atoms with Crippen molar-refractivity contribution in [2.24, 2.45) is 5.41 Å². The predicted molar refractivity (Wildman–Crippen MR) is 81.0 cm³/mol. The number of carbonyl (C=O) groups excluding carboxylic acids is 1. The van der Waals surface area contributed by atoms with Gasteiger partial charge < -0.3 is 15.3 Å². The van der Waals surface area contributed by atoms with E-state index in [4.69, 9.17) is 0 Å². The minimum Gasteiger partial charge on any atom is -0.480 e. The summed E-state index contributed by atoms with van der Waals surface area (Å²) in [6, 6.07) is -0.622. The van der Waals surface area contributed by atoms with Gasteiger partial charge >= 0.3 is 5.97 Å². The Bertz CT molecular complexity index is 372. The molecule has 2 rings (SSSR count). The van der Waals surface area contributed by atoms with Gasteiger partial charge in [0, 0.05) is 6.54 Å². The lowest BCUT2D eigenvalue weighted by atomic mass is 9.74. The van der Waals surface area contributed by atoms with E-state index in [0.29, 0.717) is 13.0 Å². The Morgan fingerprint density at radius 2 is 1.95 bits per heavy atom. The number of amides is 1. The average molecular weight is 296 g/mol. The summed E-state index contributed by atoms with van der Waals surface area (Å²) in [7, 11) is 0. The van der Waals surface area contributed by atoms with Gasteiger partial charge in [0.2, 0.25) is 5.91 Å². The molecule has 1 unspecified atom stereocenters. The summed E-state index contributed by atoms with van der Waals surface area (Å²) < 4.78 is 0. The van der Waals surface area contributed by atoms with Crippen LogP contribution < -0.4 is 5.32 Å². The van der Waals surface area contributed by atoms with Gasteiger partial charge in [0.15, 0.2) is 0 Å². The molecule has 0 spiro atoms. The average Bonchev–Trinajstić information content (AvgIpc) is 2.73. The van der Waals surface area contributed by atoms with Crippen LogP contribution in [0.2, 0.25) is 0 Å². The number of carboxylic acids is 1. The highest BCUT2D eigenvalue weighted by Crippen LogP contribution is 2.37. The smallest absolute Gasteiger partial charge is 0.326 e. The first-order valence-electron chi connectivity index (χ1n) is 8.35. The van der Waals surface area contributed by atoms with Crippen LogP contribution in [0.1, 0.15) is 58.3 Å². The summed E-state index contributed by atoms with van der Waals surface area (Å²) in [5.74, 6) is -0.744. The molecule has 0 aliphatic carbocycles. The van der Waals surface area contributed by atoms with Crippen LogP contribution in [0.25, 0.3) is 0 Å². The number of carboxylic acid groups (broad SMARTS) is 1. The zero-order chi connectivity index (χ0) is 15.3. The van der Waals surface area contributed by atoms with E-state index in [0.717, 1.165) is 58.0 Å². The van der Waals surface area contributed by atoms with Crippen LogP contribution in [-0.4, -0.2) is 47.6 Å². The predicted octanol–water partition coefficient (Wildman–Crippen LogP) is 2.01. The van der Waals surface area contributed by atoms with E-state index in [1.165, 1.54) is 0 Å². The van der Waals surface area contributed by atoms with Crippen LogP contribution in [0.5, 0.6) is 0 Å². The Labute approximate surface area is 127 Å². The molecular weight excluding hydrogens is 268 g/mol.